The fraction of sp³-hybridized carbons (Fsp3) is 0.154. The first-order chi connectivity index (χ1) is 14.1. The molecule has 29 heavy (non-hydrogen) atoms. The van der Waals surface area contributed by atoms with Crippen molar-refractivity contribution >= 4 is 33.3 Å². The number of fused-ring (bicyclic) bond motifs is 4. The van der Waals surface area contributed by atoms with E-state index in [1.165, 1.54) is 6.92 Å². The maximum atomic E-state index is 13.0. The zero-order valence-electron chi connectivity index (χ0n) is 16.1. The highest BCUT2D eigenvalue weighted by molar-refractivity contribution is 5.96. The SMILES string of the molecule is CC(=O)C[C@@H]1C(=O)Oc2c(ccc3ccccc23)[C@@H]1c1ccc2ccccc2c1. The third-order valence-electron chi connectivity index (χ3n) is 5.79. The van der Waals surface area contributed by atoms with Crippen LogP contribution in [-0.4, -0.2) is 11.8 Å². The minimum Gasteiger partial charge on any atom is -0.425 e. The second-order valence-corrected chi connectivity index (χ2v) is 7.72. The Balaban J connectivity index is 1.75. The van der Waals surface area contributed by atoms with Gasteiger partial charge in [-0.25, -0.2) is 0 Å². The lowest BCUT2D eigenvalue weighted by molar-refractivity contribution is -0.142. The van der Waals surface area contributed by atoms with Gasteiger partial charge >= 0.3 is 5.97 Å². The van der Waals surface area contributed by atoms with E-state index in [1.807, 2.05) is 42.5 Å². The number of hydrogen-bond donors (Lipinski definition) is 0. The summed E-state index contributed by atoms with van der Waals surface area (Å²) in [6.07, 6.45) is 0.169. The molecule has 0 unspecified atom stereocenters. The molecule has 0 N–H and O–H groups in total. The van der Waals surface area contributed by atoms with Gasteiger partial charge in [-0.3, -0.25) is 4.79 Å². The van der Waals surface area contributed by atoms with Crippen molar-refractivity contribution in [3.05, 3.63) is 90.0 Å². The van der Waals surface area contributed by atoms with Crippen molar-refractivity contribution < 1.29 is 14.3 Å². The van der Waals surface area contributed by atoms with E-state index < -0.39 is 5.92 Å². The first kappa shape index (κ1) is 17.6. The Kier molecular flexibility index (Phi) is 4.17. The van der Waals surface area contributed by atoms with Crippen molar-refractivity contribution in [3.8, 4) is 5.75 Å². The van der Waals surface area contributed by atoms with Crippen molar-refractivity contribution in [1.29, 1.82) is 0 Å². The number of ketones is 1. The molecule has 1 heterocycles. The van der Waals surface area contributed by atoms with Crippen LogP contribution in [0.3, 0.4) is 0 Å². The summed E-state index contributed by atoms with van der Waals surface area (Å²) in [7, 11) is 0. The monoisotopic (exact) mass is 380 g/mol. The van der Waals surface area contributed by atoms with Gasteiger partial charge in [-0.05, 0) is 28.6 Å². The van der Waals surface area contributed by atoms with Crippen LogP contribution in [0.2, 0.25) is 0 Å². The number of hydrogen-bond acceptors (Lipinski definition) is 3. The third kappa shape index (κ3) is 2.99. The molecule has 5 rings (SSSR count). The zero-order chi connectivity index (χ0) is 20.0. The minimum absolute atomic E-state index is 0.0121. The molecular formula is C26H20O3. The van der Waals surface area contributed by atoms with Crippen LogP contribution in [0.1, 0.15) is 30.4 Å². The summed E-state index contributed by atoms with van der Waals surface area (Å²) in [4.78, 5) is 25.0. The van der Waals surface area contributed by atoms with E-state index in [0.29, 0.717) is 5.75 Å². The third-order valence-corrected chi connectivity index (χ3v) is 5.79. The molecule has 4 aromatic rings. The van der Waals surface area contributed by atoms with Crippen molar-refractivity contribution in [2.45, 2.75) is 19.3 Å². The number of benzene rings is 4. The summed E-state index contributed by atoms with van der Waals surface area (Å²) in [5, 5.41) is 4.22. The summed E-state index contributed by atoms with van der Waals surface area (Å²) in [6, 6.07) is 26.4. The Hall–Kier alpha value is -3.46. The molecule has 0 radical (unpaired) electrons. The lowest BCUT2D eigenvalue weighted by Gasteiger charge is -2.32. The topological polar surface area (TPSA) is 43.4 Å². The molecular weight excluding hydrogens is 360 g/mol. The summed E-state index contributed by atoms with van der Waals surface area (Å²) in [5.74, 6) is -0.470. The Morgan fingerprint density at radius 2 is 1.55 bits per heavy atom. The molecule has 3 heteroatoms. The largest absolute Gasteiger partial charge is 0.425 e. The van der Waals surface area contributed by atoms with Crippen LogP contribution in [-0.2, 0) is 9.59 Å². The summed E-state index contributed by atoms with van der Waals surface area (Å²) in [5.41, 5.74) is 1.99. The first-order valence-corrected chi connectivity index (χ1v) is 9.83. The van der Waals surface area contributed by atoms with E-state index >= 15 is 0 Å². The summed E-state index contributed by atoms with van der Waals surface area (Å²) in [6.45, 7) is 1.53. The Morgan fingerprint density at radius 3 is 2.34 bits per heavy atom. The predicted octanol–water partition coefficient (Wildman–Crippen LogP) is 5.64. The highest BCUT2D eigenvalue weighted by Gasteiger charge is 2.40. The van der Waals surface area contributed by atoms with Crippen LogP contribution in [0.4, 0.5) is 0 Å². The van der Waals surface area contributed by atoms with Gasteiger partial charge in [0.1, 0.15) is 11.5 Å². The van der Waals surface area contributed by atoms with Crippen LogP contribution in [0.25, 0.3) is 21.5 Å². The van der Waals surface area contributed by atoms with Gasteiger partial charge in [-0.2, -0.15) is 0 Å². The van der Waals surface area contributed by atoms with Gasteiger partial charge < -0.3 is 9.53 Å². The maximum absolute atomic E-state index is 13.0. The average molecular weight is 380 g/mol. The van der Waals surface area contributed by atoms with Gasteiger partial charge in [0.2, 0.25) is 0 Å². The highest BCUT2D eigenvalue weighted by atomic mass is 16.5. The second-order valence-electron chi connectivity index (χ2n) is 7.72. The molecule has 0 bridgehead atoms. The second kappa shape index (κ2) is 6.85. The first-order valence-electron chi connectivity index (χ1n) is 9.83. The van der Waals surface area contributed by atoms with Gasteiger partial charge in [-0.1, -0.05) is 78.9 Å². The van der Waals surface area contributed by atoms with E-state index in [2.05, 4.69) is 36.4 Å². The van der Waals surface area contributed by atoms with Gasteiger partial charge in [-0.15, -0.1) is 0 Å². The number of rotatable bonds is 3. The smallest absolute Gasteiger partial charge is 0.315 e. The highest BCUT2D eigenvalue weighted by Crippen LogP contribution is 2.46. The molecule has 0 fully saturated rings. The van der Waals surface area contributed by atoms with Crippen molar-refractivity contribution in [2.75, 3.05) is 0 Å². The maximum Gasteiger partial charge on any atom is 0.315 e. The molecule has 0 aromatic heterocycles. The molecule has 142 valence electrons. The summed E-state index contributed by atoms with van der Waals surface area (Å²) >= 11 is 0. The van der Waals surface area contributed by atoms with Gasteiger partial charge in [0.05, 0.1) is 5.92 Å². The van der Waals surface area contributed by atoms with Gasteiger partial charge in [0.25, 0.3) is 0 Å². The molecule has 1 aliphatic rings. The van der Waals surface area contributed by atoms with Crippen LogP contribution in [0.5, 0.6) is 5.75 Å². The molecule has 0 saturated heterocycles. The number of carbonyl (C=O) groups excluding carboxylic acids is 2. The van der Waals surface area contributed by atoms with E-state index in [0.717, 1.165) is 32.7 Å². The minimum atomic E-state index is -0.526. The Morgan fingerprint density at radius 1 is 0.862 bits per heavy atom. The van der Waals surface area contributed by atoms with Crippen molar-refractivity contribution in [3.63, 3.8) is 0 Å². The quantitative estimate of drug-likeness (QED) is 0.341. The Bertz CT molecular complexity index is 1270. The van der Waals surface area contributed by atoms with E-state index in [9.17, 15) is 9.59 Å². The van der Waals surface area contributed by atoms with Gasteiger partial charge in [0, 0.05) is 23.3 Å². The molecule has 2 atom stereocenters. The average Bonchev–Trinajstić information content (AvgIpc) is 2.73. The lowest BCUT2D eigenvalue weighted by atomic mass is 9.75. The number of Topliss-reactive ketones (excluding diaryl/α,β-unsaturated/α-hetero) is 1. The summed E-state index contributed by atoms with van der Waals surface area (Å²) < 4.78 is 5.81. The Labute approximate surface area is 168 Å². The molecule has 0 amide bonds. The lowest BCUT2D eigenvalue weighted by Crippen LogP contribution is -2.33. The zero-order valence-corrected chi connectivity index (χ0v) is 16.1. The number of esters is 1. The standard InChI is InChI=1S/C26H20O3/c1-16(27)14-23-24(20-11-10-17-6-2-3-8-19(17)15-20)22-13-12-18-7-4-5-9-21(18)25(22)29-26(23)28/h2-13,15,23-24H,14H2,1H3/t23-,24-/m0/s1. The van der Waals surface area contributed by atoms with Crippen LogP contribution >= 0.6 is 0 Å². The van der Waals surface area contributed by atoms with Crippen LogP contribution in [0.15, 0.2) is 78.9 Å². The van der Waals surface area contributed by atoms with Crippen molar-refractivity contribution in [2.24, 2.45) is 5.92 Å². The van der Waals surface area contributed by atoms with E-state index in [4.69, 9.17) is 4.74 Å². The molecule has 1 aliphatic heterocycles. The molecule has 4 aromatic carbocycles. The van der Waals surface area contributed by atoms with E-state index in [-0.39, 0.29) is 24.1 Å². The normalized spacial score (nSPS) is 18.4. The molecule has 0 spiro atoms. The number of ether oxygens (including phenoxy) is 1. The van der Waals surface area contributed by atoms with E-state index in [1.54, 1.807) is 0 Å². The van der Waals surface area contributed by atoms with Crippen molar-refractivity contribution in [1.82, 2.24) is 0 Å². The fourth-order valence-electron chi connectivity index (χ4n) is 4.47. The molecule has 0 saturated carbocycles. The van der Waals surface area contributed by atoms with Crippen LogP contribution < -0.4 is 4.74 Å². The van der Waals surface area contributed by atoms with Gasteiger partial charge in [0.15, 0.2) is 0 Å². The van der Waals surface area contributed by atoms with Crippen LogP contribution in [0, 0.1) is 5.92 Å². The molecule has 0 aliphatic carbocycles. The number of carbonyl (C=O) groups is 2. The predicted molar refractivity (Wildman–Crippen MR) is 114 cm³/mol. The molecule has 3 nitrogen and oxygen atoms in total. The fourth-order valence-corrected chi connectivity index (χ4v) is 4.47.